The van der Waals surface area contributed by atoms with Crippen LogP contribution in [0.25, 0.3) is 27.5 Å². The van der Waals surface area contributed by atoms with Gasteiger partial charge in [-0.2, -0.15) is 0 Å². The molecule has 4 bridgehead atoms. The zero-order valence-electron chi connectivity index (χ0n) is 31.4. The molecule has 4 fully saturated rings. The molecule has 8 aromatic rings. The Kier molecular flexibility index (Phi) is 7.35. The van der Waals surface area contributed by atoms with Crippen molar-refractivity contribution in [2.24, 2.45) is 17.8 Å². The number of aromatic nitrogens is 1. The standard InChI is InChI=1S/C52H43N3S/c1-2-10-39(11-3-1)54-46-13-5-4-12-44(46)45-31-43(26-27-47(45)54)53(40-20-18-38(19-21-40)52-32-35-28-36(33-52)30-37(29-35)34-52)41-22-24-42(25-23-41)55-48-14-6-8-16-50(48)56-51-17-9-7-15-49(51)55/h1-27,31,35-37H,28-30,32-34H2. The topological polar surface area (TPSA) is 11.4 Å². The summed E-state index contributed by atoms with van der Waals surface area (Å²) >= 11 is 1.85. The second-order valence-electron chi connectivity index (χ2n) is 16.9. The molecule has 1 aromatic heterocycles. The van der Waals surface area contributed by atoms with Crippen molar-refractivity contribution in [3.05, 3.63) is 175 Å². The van der Waals surface area contributed by atoms with E-state index >= 15 is 0 Å². The van der Waals surface area contributed by atoms with E-state index in [1.807, 2.05) is 11.8 Å². The van der Waals surface area contributed by atoms with E-state index < -0.39 is 0 Å². The molecule has 0 spiro atoms. The maximum absolute atomic E-state index is 2.49. The van der Waals surface area contributed by atoms with Gasteiger partial charge in [0.25, 0.3) is 0 Å². The molecule has 0 N–H and O–H groups in total. The van der Waals surface area contributed by atoms with Gasteiger partial charge in [-0.3, -0.25) is 0 Å². The Morgan fingerprint density at radius 1 is 0.464 bits per heavy atom. The number of hydrogen-bond acceptors (Lipinski definition) is 3. The van der Waals surface area contributed by atoms with Gasteiger partial charge in [0.05, 0.1) is 22.4 Å². The lowest BCUT2D eigenvalue weighted by molar-refractivity contribution is -0.00518. The highest BCUT2D eigenvalue weighted by molar-refractivity contribution is 7.99. The minimum Gasteiger partial charge on any atom is -0.310 e. The average Bonchev–Trinajstić information content (AvgIpc) is 3.57. The van der Waals surface area contributed by atoms with Crippen molar-refractivity contribution >= 4 is 67.7 Å². The van der Waals surface area contributed by atoms with E-state index in [9.17, 15) is 0 Å². The van der Waals surface area contributed by atoms with Crippen LogP contribution in [0.4, 0.5) is 34.1 Å². The molecule has 4 saturated carbocycles. The van der Waals surface area contributed by atoms with Gasteiger partial charge in [-0.25, -0.2) is 0 Å². The molecular formula is C52H43N3S. The summed E-state index contributed by atoms with van der Waals surface area (Å²) in [6, 6.07) is 63.2. The monoisotopic (exact) mass is 741 g/mol. The highest BCUT2D eigenvalue weighted by atomic mass is 32.2. The van der Waals surface area contributed by atoms with E-state index in [-0.39, 0.29) is 0 Å². The number of rotatable bonds is 6. The lowest BCUT2D eigenvalue weighted by atomic mass is 9.48. The van der Waals surface area contributed by atoms with Crippen LogP contribution < -0.4 is 9.80 Å². The fraction of sp³-hybridized carbons (Fsp3) is 0.192. The molecular weight excluding hydrogens is 699 g/mol. The fourth-order valence-electron chi connectivity index (χ4n) is 11.6. The zero-order chi connectivity index (χ0) is 36.8. The second kappa shape index (κ2) is 12.7. The second-order valence-corrected chi connectivity index (χ2v) is 17.9. The molecule has 0 unspecified atom stereocenters. The molecule has 7 aromatic carbocycles. The molecule has 1 aliphatic heterocycles. The van der Waals surface area contributed by atoms with Gasteiger partial charge < -0.3 is 14.4 Å². The maximum Gasteiger partial charge on any atom is 0.0601 e. The molecule has 5 aliphatic rings. The highest BCUT2D eigenvalue weighted by Gasteiger charge is 2.51. The summed E-state index contributed by atoms with van der Waals surface area (Å²) in [4.78, 5) is 7.44. The Hall–Kier alpha value is -5.71. The van der Waals surface area contributed by atoms with Gasteiger partial charge in [0.2, 0.25) is 0 Å². The van der Waals surface area contributed by atoms with E-state index in [0.29, 0.717) is 5.41 Å². The van der Waals surface area contributed by atoms with E-state index in [2.05, 4.69) is 184 Å². The third-order valence-corrected chi connectivity index (χ3v) is 14.6. The van der Waals surface area contributed by atoms with Gasteiger partial charge in [0.15, 0.2) is 0 Å². The quantitative estimate of drug-likeness (QED) is 0.168. The summed E-state index contributed by atoms with van der Waals surface area (Å²) in [5.41, 5.74) is 12.7. The van der Waals surface area contributed by atoms with Crippen LogP contribution in [0, 0.1) is 17.8 Å². The Bertz CT molecular complexity index is 2680. The molecule has 56 heavy (non-hydrogen) atoms. The summed E-state index contributed by atoms with van der Waals surface area (Å²) in [6.07, 6.45) is 8.56. The lowest BCUT2D eigenvalue weighted by Gasteiger charge is -2.57. The molecule has 2 heterocycles. The Morgan fingerprint density at radius 2 is 1.00 bits per heavy atom. The van der Waals surface area contributed by atoms with E-state index in [1.165, 1.54) is 92.9 Å². The zero-order valence-corrected chi connectivity index (χ0v) is 32.2. The van der Waals surface area contributed by atoms with Crippen molar-refractivity contribution in [1.29, 1.82) is 0 Å². The van der Waals surface area contributed by atoms with Crippen LogP contribution in [-0.2, 0) is 5.41 Å². The van der Waals surface area contributed by atoms with Crippen molar-refractivity contribution in [2.45, 2.75) is 53.7 Å². The normalized spacial score (nSPS) is 22.0. The van der Waals surface area contributed by atoms with E-state index in [1.54, 1.807) is 5.56 Å². The van der Waals surface area contributed by atoms with Crippen molar-refractivity contribution < 1.29 is 0 Å². The summed E-state index contributed by atoms with van der Waals surface area (Å²) in [5.74, 6) is 2.79. The third kappa shape index (κ3) is 5.12. The number of hydrogen-bond donors (Lipinski definition) is 0. The minimum atomic E-state index is 0.372. The molecule has 4 heteroatoms. The van der Waals surface area contributed by atoms with Crippen LogP contribution >= 0.6 is 11.8 Å². The molecule has 3 nitrogen and oxygen atoms in total. The summed E-state index contributed by atoms with van der Waals surface area (Å²) < 4.78 is 2.40. The van der Waals surface area contributed by atoms with Gasteiger partial charge in [0.1, 0.15) is 0 Å². The number of para-hydroxylation sites is 4. The molecule has 13 rings (SSSR count). The van der Waals surface area contributed by atoms with Crippen molar-refractivity contribution in [3.8, 4) is 5.69 Å². The predicted octanol–water partition coefficient (Wildman–Crippen LogP) is 14.7. The first-order chi connectivity index (χ1) is 27.7. The molecule has 0 saturated heterocycles. The van der Waals surface area contributed by atoms with Crippen LogP contribution in [0.5, 0.6) is 0 Å². The lowest BCUT2D eigenvalue weighted by Crippen LogP contribution is -2.48. The number of benzene rings is 7. The maximum atomic E-state index is 2.49. The average molecular weight is 742 g/mol. The predicted molar refractivity (Wildman–Crippen MR) is 234 cm³/mol. The van der Waals surface area contributed by atoms with Crippen LogP contribution in [0.1, 0.15) is 44.1 Å². The van der Waals surface area contributed by atoms with Gasteiger partial charge >= 0.3 is 0 Å². The number of anilines is 6. The van der Waals surface area contributed by atoms with Crippen LogP contribution in [0.3, 0.4) is 0 Å². The van der Waals surface area contributed by atoms with Crippen molar-refractivity contribution in [2.75, 3.05) is 9.80 Å². The summed E-state index contributed by atoms with van der Waals surface area (Å²) in [5, 5.41) is 2.52. The van der Waals surface area contributed by atoms with Gasteiger partial charge in [-0.05, 0) is 164 Å². The van der Waals surface area contributed by atoms with Crippen LogP contribution in [0.2, 0.25) is 0 Å². The van der Waals surface area contributed by atoms with Gasteiger partial charge in [-0.1, -0.05) is 84.6 Å². The SMILES string of the molecule is c1ccc(-n2c3ccccc3c3cc(N(c4ccc(N5c6ccccc6Sc6ccccc65)cc4)c4ccc(C56CC7CC(CC(C7)C5)C6)cc4)ccc32)cc1. The van der Waals surface area contributed by atoms with Crippen molar-refractivity contribution in [1.82, 2.24) is 4.57 Å². The van der Waals surface area contributed by atoms with Crippen LogP contribution in [0.15, 0.2) is 180 Å². The first kappa shape index (κ1) is 32.5. The van der Waals surface area contributed by atoms with Gasteiger partial charge in [0, 0.05) is 49.0 Å². The minimum absolute atomic E-state index is 0.372. The molecule has 272 valence electrons. The fourth-order valence-corrected chi connectivity index (χ4v) is 12.6. The third-order valence-electron chi connectivity index (χ3n) is 13.5. The molecule has 4 aliphatic carbocycles. The van der Waals surface area contributed by atoms with Crippen LogP contribution in [-0.4, -0.2) is 4.57 Å². The first-order valence-electron chi connectivity index (χ1n) is 20.4. The smallest absolute Gasteiger partial charge is 0.0601 e. The van der Waals surface area contributed by atoms with Gasteiger partial charge in [-0.15, -0.1) is 0 Å². The Labute approximate surface area is 333 Å². The number of fused-ring (bicyclic) bond motifs is 5. The molecule has 0 radical (unpaired) electrons. The summed E-state index contributed by atoms with van der Waals surface area (Å²) in [7, 11) is 0. The highest BCUT2D eigenvalue weighted by Crippen LogP contribution is 2.61. The number of nitrogens with zero attached hydrogens (tertiary/aromatic N) is 3. The largest absolute Gasteiger partial charge is 0.310 e. The van der Waals surface area contributed by atoms with Crippen molar-refractivity contribution in [3.63, 3.8) is 0 Å². The van der Waals surface area contributed by atoms with E-state index in [4.69, 9.17) is 0 Å². The first-order valence-corrected chi connectivity index (χ1v) is 21.2. The Balaban J connectivity index is 0.991. The summed E-state index contributed by atoms with van der Waals surface area (Å²) in [6.45, 7) is 0. The Morgan fingerprint density at radius 3 is 1.66 bits per heavy atom. The van der Waals surface area contributed by atoms with E-state index in [0.717, 1.165) is 34.8 Å². The molecule has 0 atom stereocenters. The molecule has 0 amide bonds.